The van der Waals surface area contributed by atoms with Crippen LogP contribution in [0.25, 0.3) is 11.2 Å². The standard InChI is InChI=1S/C23H26Cl2FN7O2/c24-12-8-14(25)19(15(26)9-12)31-23-30-17-10-28-22(29-16-2-1-3-18(16)34)32-21(17)33(23)13-6-4-11(5-7-13)20(27)35/h8-11,13,16,18,34H,1-7H2,(H2,27,35)(H,30,31)(H,28,29,32)/t11?,13?,16-,18-/m0/s1. The Bertz CT molecular complexity index is 1240. The molecule has 2 atom stereocenters. The van der Waals surface area contributed by atoms with Gasteiger partial charge in [-0.2, -0.15) is 4.98 Å². The molecule has 5 N–H and O–H groups in total. The van der Waals surface area contributed by atoms with Crippen molar-refractivity contribution in [3.05, 3.63) is 34.2 Å². The molecule has 2 saturated carbocycles. The molecule has 2 aliphatic rings. The van der Waals surface area contributed by atoms with Gasteiger partial charge in [0.05, 0.1) is 29.1 Å². The number of aromatic nitrogens is 4. The fourth-order valence-electron chi connectivity index (χ4n) is 5.06. The van der Waals surface area contributed by atoms with E-state index in [1.54, 1.807) is 6.20 Å². The molecule has 0 saturated heterocycles. The van der Waals surface area contributed by atoms with Crippen molar-refractivity contribution in [3.63, 3.8) is 0 Å². The van der Waals surface area contributed by atoms with Crippen LogP contribution in [0.15, 0.2) is 18.3 Å². The summed E-state index contributed by atoms with van der Waals surface area (Å²) in [5, 5.41) is 16.7. The average molecular weight is 522 g/mol. The fourth-order valence-corrected chi connectivity index (χ4v) is 5.58. The Morgan fingerprint density at radius 3 is 2.57 bits per heavy atom. The normalized spacial score (nSPS) is 24.6. The Morgan fingerprint density at radius 1 is 1.14 bits per heavy atom. The van der Waals surface area contributed by atoms with Gasteiger partial charge in [0.15, 0.2) is 5.65 Å². The Balaban J connectivity index is 1.54. The molecule has 2 heterocycles. The van der Waals surface area contributed by atoms with Crippen molar-refractivity contribution in [2.75, 3.05) is 10.6 Å². The number of anilines is 3. The number of nitrogens with two attached hydrogens (primary N) is 1. The maximum atomic E-state index is 14.7. The fraction of sp³-hybridized carbons (Fsp3) is 0.478. The van der Waals surface area contributed by atoms with Gasteiger partial charge in [0.1, 0.15) is 11.3 Å². The maximum absolute atomic E-state index is 14.7. The number of hydrogen-bond acceptors (Lipinski definition) is 7. The van der Waals surface area contributed by atoms with E-state index >= 15 is 0 Å². The number of nitrogens with one attached hydrogen (secondary N) is 2. The lowest BCUT2D eigenvalue weighted by molar-refractivity contribution is -0.122. The lowest BCUT2D eigenvalue weighted by Crippen LogP contribution is -2.29. The highest BCUT2D eigenvalue weighted by molar-refractivity contribution is 6.36. The van der Waals surface area contributed by atoms with Crippen LogP contribution in [0, 0.1) is 11.7 Å². The number of carbonyl (C=O) groups excluding carboxylic acids is 1. The van der Waals surface area contributed by atoms with Gasteiger partial charge in [-0.25, -0.2) is 14.4 Å². The van der Waals surface area contributed by atoms with Gasteiger partial charge in [-0.05, 0) is 57.1 Å². The second-order valence-corrected chi connectivity index (χ2v) is 10.1. The molecule has 0 radical (unpaired) electrons. The van der Waals surface area contributed by atoms with Crippen LogP contribution in [0.1, 0.15) is 51.0 Å². The minimum absolute atomic E-state index is 0.0490. The summed E-state index contributed by atoms with van der Waals surface area (Å²) in [4.78, 5) is 25.4. The number of amides is 1. The van der Waals surface area contributed by atoms with Gasteiger partial charge in [0, 0.05) is 17.0 Å². The topological polar surface area (TPSA) is 131 Å². The number of hydrogen-bond donors (Lipinski definition) is 4. The highest BCUT2D eigenvalue weighted by atomic mass is 35.5. The molecular formula is C23H26Cl2FN7O2. The zero-order valence-electron chi connectivity index (χ0n) is 18.8. The first-order chi connectivity index (χ1) is 16.8. The average Bonchev–Trinajstić information content (AvgIpc) is 3.38. The monoisotopic (exact) mass is 521 g/mol. The molecule has 1 amide bonds. The van der Waals surface area contributed by atoms with Crippen LogP contribution < -0.4 is 16.4 Å². The predicted octanol–water partition coefficient (Wildman–Crippen LogP) is 4.56. The second kappa shape index (κ2) is 9.75. The predicted molar refractivity (Wildman–Crippen MR) is 132 cm³/mol. The molecule has 2 aromatic heterocycles. The number of nitrogens with zero attached hydrogens (tertiary/aromatic N) is 4. The summed E-state index contributed by atoms with van der Waals surface area (Å²) in [7, 11) is 0. The summed E-state index contributed by atoms with van der Waals surface area (Å²) in [6, 6.07) is 2.46. The SMILES string of the molecule is NC(=O)C1CCC(n2c(Nc3c(F)cc(Cl)cc3Cl)nc3cnc(N[C@H]4CCC[C@@H]4O)nc32)CC1. The number of halogens is 3. The lowest BCUT2D eigenvalue weighted by atomic mass is 9.85. The first-order valence-electron chi connectivity index (χ1n) is 11.7. The summed E-state index contributed by atoms with van der Waals surface area (Å²) < 4.78 is 16.6. The third kappa shape index (κ3) is 4.87. The van der Waals surface area contributed by atoms with Crippen molar-refractivity contribution in [3.8, 4) is 0 Å². The molecule has 2 fully saturated rings. The molecule has 12 heteroatoms. The van der Waals surface area contributed by atoms with E-state index in [9.17, 15) is 14.3 Å². The molecule has 2 aliphatic carbocycles. The minimum atomic E-state index is -0.609. The van der Waals surface area contributed by atoms with Gasteiger partial charge in [0.2, 0.25) is 17.8 Å². The number of imidazole rings is 1. The Labute approximate surface area is 211 Å². The van der Waals surface area contributed by atoms with E-state index in [4.69, 9.17) is 33.9 Å². The molecule has 3 aromatic rings. The van der Waals surface area contributed by atoms with Crippen molar-refractivity contribution in [1.82, 2.24) is 19.5 Å². The van der Waals surface area contributed by atoms with Gasteiger partial charge in [-0.15, -0.1) is 0 Å². The maximum Gasteiger partial charge on any atom is 0.225 e. The number of rotatable bonds is 6. The zero-order valence-corrected chi connectivity index (χ0v) is 20.4. The van der Waals surface area contributed by atoms with Crippen LogP contribution in [-0.2, 0) is 4.79 Å². The largest absolute Gasteiger partial charge is 0.391 e. The van der Waals surface area contributed by atoms with Crippen LogP contribution >= 0.6 is 23.2 Å². The van der Waals surface area contributed by atoms with Crippen LogP contribution in [0.4, 0.5) is 22.0 Å². The van der Waals surface area contributed by atoms with Gasteiger partial charge in [0.25, 0.3) is 0 Å². The molecule has 0 spiro atoms. The summed E-state index contributed by atoms with van der Waals surface area (Å²) >= 11 is 12.2. The number of fused-ring (bicyclic) bond motifs is 1. The van der Waals surface area contributed by atoms with E-state index < -0.39 is 11.9 Å². The molecule has 9 nitrogen and oxygen atoms in total. The van der Waals surface area contributed by atoms with E-state index in [2.05, 4.69) is 20.6 Å². The summed E-state index contributed by atoms with van der Waals surface area (Å²) in [6.07, 6.45) is 6.29. The smallest absolute Gasteiger partial charge is 0.225 e. The third-order valence-corrected chi connectivity index (χ3v) is 7.45. The molecule has 35 heavy (non-hydrogen) atoms. The molecule has 5 rings (SSSR count). The van der Waals surface area contributed by atoms with Crippen LogP contribution in [0.2, 0.25) is 10.0 Å². The van der Waals surface area contributed by atoms with E-state index in [1.165, 1.54) is 12.1 Å². The highest BCUT2D eigenvalue weighted by Crippen LogP contribution is 2.38. The van der Waals surface area contributed by atoms with Crippen molar-refractivity contribution in [2.45, 2.75) is 63.1 Å². The van der Waals surface area contributed by atoms with Crippen molar-refractivity contribution in [2.24, 2.45) is 11.7 Å². The van der Waals surface area contributed by atoms with Gasteiger partial charge < -0.3 is 21.5 Å². The zero-order chi connectivity index (χ0) is 24.7. The third-order valence-electron chi connectivity index (χ3n) is 6.93. The number of primary amides is 1. The highest BCUT2D eigenvalue weighted by Gasteiger charge is 2.30. The van der Waals surface area contributed by atoms with E-state index in [0.29, 0.717) is 48.7 Å². The van der Waals surface area contributed by atoms with Gasteiger partial charge >= 0.3 is 0 Å². The molecule has 1 aromatic carbocycles. The summed E-state index contributed by atoms with van der Waals surface area (Å²) in [5.41, 5.74) is 6.66. The Morgan fingerprint density at radius 2 is 1.91 bits per heavy atom. The molecule has 0 bridgehead atoms. The quantitative estimate of drug-likeness (QED) is 0.373. The van der Waals surface area contributed by atoms with Gasteiger partial charge in [-0.1, -0.05) is 23.2 Å². The molecule has 0 unspecified atom stereocenters. The van der Waals surface area contributed by atoms with Crippen molar-refractivity contribution in [1.29, 1.82) is 0 Å². The van der Waals surface area contributed by atoms with E-state index in [-0.39, 0.29) is 39.6 Å². The summed E-state index contributed by atoms with van der Waals surface area (Å²) in [6.45, 7) is 0. The lowest BCUT2D eigenvalue weighted by Gasteiger charge is -2.29. The molecule has 186 valence electrons. The summed E-state index contributed by atoms with van der Waals surface area (Å²) in [5.74, 6) is -0.328. The van der Waals surface area contributed by atoms with Crippen LogP contribution in [0.5, 0.6) is 0 Å². The number of aliphatic hydroxyl groups is 1. The van der Waals surface area contributed by atoms with E-state index in [0.717, 1.165) is 19.3 Å². The van der Waals surface area contributed by atoms with Crippen LogP contribution in [0.3, 0.4) is 0 Å². The van der Waals surface area contributed by atoms with Crippen LogP contribution in [-0.4, -0.2) is 42.7 Å². The van der Waals surface area contributed by atoms with Crippen molar-refractivity contribution < 1.29 is 14.3 Å². The Hall–Kier alpha value is -2.69. The first-order valence-corrected chi connectivity index (χ1v) is 12.5. The number of aliphatic hydroxyl groups excluding tert-OH is 1. The molecular weight excluding hydrogens is 496 g/mol. The first kappa shape index (κ1) is 24.0. The Kier molecular flexibility index (Phi) is 6.69. The van der Waals surface area contributed by atoms with E-state index in [1.807, 2.05) is 4.57 Å². The minimum Gasteiger partial charge on any atom is -0.391 e. The second-order valence-electron chi connectivity index (χ2n) is 9.23. The van der Waals surface area contributed by atoms with Gasteiger partial charge in [-0.3, -0.25) is 9.36 Å². The number of benzene rings is 1. The molecule has 0 aliphatic heterocycles. The number of carbonyl (C=O) groups is 1. The van der Waals surface area contributed by atoms with Crippen molar-refractivity contribution >= 4 is 57.9 Å².